The molecule has 0 bridgehead atoms. The molecule has 0 aromatic carbocycles. The predicted molar refractivity (Wildman–Crippen MR) is 75.6 cm³/mol. The lowest BCUT2D eigenvalue weighted by atomic mass is 9.87. The van der Waals surface area contributed by atoms with Gasteiger partial charge in [-0.05, 0) is 18.9 Å². The largest absolute Gasteiger partial charge is 0.396 e. The van der Waals surface area contributed by atoms with Crippen LogP contribution in [0, 0.1) is 5.41 Å². The molecule has 3 rings (SSSR count). The summed E-state index contributed by atoms with van der Waals surface area (Å²) >= 11 is 0. The van der Waals surface area contributed by atoms with Crippen LogP contribution in [0.25, 0.3) is 5.82 Å². The average molecular weight is 273 g/mol. The van der Waals surface area contributed by atoms with Gasteiger partial charge in [0.15, 0.2) is 5.82 Å². The molecule has 0 atom stereocenters. The summed E-state index contributed by atoms with van der Waals surface area (Å²) < 4.78 is 1.70. The van der Waals surface area contributed by atoms with Gasteiger partial charge in [-0.3, -0.25) is 0 Å². The molecule has 6 nitrogen and oxygen atoms in total. The van der Waals surface area contributed by atoms with Gasteiger partial charge in [0.2, 0.25) is 0 Å². The lowest BCUT2D eigenvalue weighted by molar-refractivity contribution is 0.142. The second-order valence-corrected chi connectivity index (χ2v) is 5.43. The maximum atomic E-state index is 9.61. The number of aromatic nitrogens is 4. The predicted octanol–water partition coefficient (Wildman–Crippen LogP) is 1.63. The van der Waals surface area contributed by atoms with E-state index < -0.39 is 0 Å². The van der Waals surface area contributed by atoms with E-state index in [0.717, 1.165) is 31.0 Å². The van der Waals surface area contributed by atoms with Crippen molar-refractivity contribution in [3.63, 3.8) is 0 Å². The Morgan fingerprint density at radius 2 is 2.15 bits per heavy atom. The zero-order valence-corrected chi connectivity index (χ0v) is 11.4. The highest BCUT2D eigenvalue weighted by atomic mass is 16.3. The monoisotopic (exact) mass is 273 g/mol. The molecule has 2 heterocycles. The molecule has 2 N–H and O–H groups in total. The van der Waals surface area contributed by atoms with Gasteiger partial charge in [-0.2, -0.15) is 5.10 Å². The fourth-order valence-corrected chi connectivity index (χ4v) is 2.77. The Morgan fingerprint density at radius 3 is 2.85 bits per heavy atom. The standard InChI is InChI=1S/C14H19N5O/c20-10-14(4-1-2-5-14)9-15-12-8-13(17-11-16-12)19-7-3-6-18-19/h3,6-8,11,20H,1-2,4-5,9-10H2,(H,15,16,17). The summed E-state index contributed by atoms with van der Waals surface area (Å²) in [7, 11) is 0. The highest BCUT2D eigenvalue weighted by molar-refractivity contribution is 5.40. The van der Waals surface area contributed by atoms with Gasteiger partial charge < -0.3 is 10.4 Å². The molecule has 6 heteroatoms. The Bertz CT molecular complexity index is 548. The highest BCUT2D eigenvalue weighted by Crippen LogP contribution is 2.37. The van der Waals surface area contributed by atoms with Crippen molar-refractivity contribution in [1.82, 2.24) is 19.7 Å². The summed E-state index contributed by atoms with van der Waals surface area (Å²) in [6.45, 7) is 0.982. The number of nitrogens with zero attached hydrogens (tertiary/aromatic N) is 4. The zero-order chi connectivity index (χ0) is 13.8. The van der Waals surface area contributed by atoms with Crippen LogP contribution in [0.15, 0.2) is 30.9 Å². The van der Waals surface area contributed by atoms with E-state index in [0.29, 0.717) is 0 Å². The number of rotatable bonds is 5. The molecule has 2 aromatic heterocycles. The number of aliphatic hydroxyl groups excluding tert-OH is 1. The van der Waals surface area contributed by atoms with Gasteiger partial charge in [0.05, 0.1) is 6.61 Å². The summed E-state index contributed by atoms with van der Waals surface area (Å²) in [6, 6.07) is 3.72. The molecule has 1 fully saturated rings. The maximum Gasteiger partial charge on any atom is 0.158 e. The van der Waals surface area contributed by atoms with Crippen LogP contribution in [0.4, 0.5) is 5.82 Å². The first kappa shape index (κ1) is 13.1. The van der Waals surface area contributed by atoms with Crippen molar-refractivity contribution in [3.8, 4) is 5.82 Å². The van der Waals surface area contributed by atoms with Gasteiger partial charge in [-0.25, -0.2) is 14.6 Å². The van der Waals surface area contributed by atoms with E-state index in [1.165, 1.54) is 19.2 Å². The molecule has 0 spiro atoms. The van der Waals surface area contributed by atoms with Crippen molar-refractivity contribution < 1.29 is 5.11 Å². The van der Waals surface area contributed by atoms with E-state index >= 15 is 0 Å². The maximum absolute atomic E-state index is 9.61. The molecule has 0 saturated heterocycles. The quantitative estimate of drug-likeness (QED) is 0.866. The van der Waals surface area contributed by atoms with Gasteiger partial charge >= 0.3 is 0 Å². The second-order valence-electron chi connectivity index (χ2n) is 5.43. The summed E-state index contributed by atoms with van der Waals surface area (Å²) in [5.74, 6) is 1.50. The van der Waals surface area contributed by atoms with Gasteiger partial charge in [0.25, 0.3) is 0 Å². The Kier molecular flexibility index (Phi) is 3.64. The van der Waals surface area contributed by atoms with Gasteiger partial charge in [-0.15, -0.1) is 0 Å². The fourth-order valence-electron chi connectivity index (χ4n) is 2.77. The summed E-state index contributed by atoms with van der Waals surface area (Å²) in [5.41, 5.74) is 0.0107. The van der Waals surface area contributed by atoms with Crippen molar-refractivity contribution in [1.29, 1.82) is 0 Å². The van der Waals surface area contributed by atoms with Crippen LogP contribution in [0.2, 0.25) is 0 Å². The molecule has 2 aromatic rings. The van der Waals surface area contributed by atoms with Crippen LogP contribution in [0.5, 0.6) is 0 Å². The molecular weight excluding hydrogens is 254 g/mol. The van der Waals surface area contributed by atoms with Gasteiger partial charge in [0.1, 0.15) is 12.1 Å². The normalized spacial score (nSPS) is 17.2. The van der Waals surface area contributed by atoms with Crippen molar-refractivity contribution in [2.75, 3.05) is 18.5 Å². The van der Waals surface area contributed by atoms with Crippen LogP contribution in [-0.4, -0.2) is 38.0 Å². The van der Waals surface area contributed by atoms with Gasteiger partial charge in [-0.1, -0.05) is 12.8 Å². The third-order valence-electron chi connectivity index (χ3n) is 4.04. The molecule has 20 heavy (non-hydrogen) atoms. The Morgan fingerprint density at radius 1 is 1.30 bits per heavy atom. The third-order valence-corrected chi connectivity index (χ3v) is 4.04. The molecule has 1 saturated carbocycles. The van der Waals surface area contributed by atoms with Crippen LogP contribution in [0.1, 0.15) is 25.7 Å². The van der Waals surface area contributed by atoms with E-state index in [1.54, 1.807) is 10.9 Å². The molecule has 1 aliphatic carbocycles. The Balaban J connectivity index is 1.70. The second kappa shape index (κ2) is 5.58. The Hall–Kier alpha value is -1.95. The third kappa shape index (κ3) is 2.65. The van der Waals surface area contributed by atoms with E-state index in [4.69, 9.17) is 0 Å². The summed E-state index contributed by atoms with van der Waals surface area (Å²) in [4.78, 5) is 8.43. The van der Waals surface area contributed by atoms with Crippen molar-refractivity contribution in [3.05, 3.63) is 30.9 Å². The molecule has 1 aliphatic rings. The first-order valence-corrected chi connectivity index (χ1v) is 6.98. The molecular formula is C14H19N5O. The van der Waals surface area contributed by atoms with Crippen LogP contribution < -0.4 is 5.32 Å². The van der Waals surface area contributed by atoms with Crippen LogP contribution >= 0.6 is 0 Å². The van der Waals surface area contributed by atoms with Crippen LogP contribution in [-0.2, 0) is 0 Å². The topological polar surface area (TPSA) is 75.9 Å². The number of hydrogen-bond acceptors (Lipinski definition) is 5. The van der Waals surface area contributed by atoms with Crippen molar-refractivity contribution in [2.24, 2.45) is 5.41 Å². The van der Waals surface area contributed by atoms with E-state index in [2.05, 4.69) is 20.4 Å². The van der Waals surface area contributed by atoms with E-state index in [9.17, 15) is 5.11 Å². The average Bonchev–Trinajstić information content (AvgIpc) is 3.18. The van der Waals surface area contributed by atoms with Gasteiger partial charge in [0, 0.05) is 30.4 Å². The lowest BCUT2D eigenvalue weighted by Gasteiger charge is -2.26. The number of hydrogen-bond donors (Lipinski definition) is 2. The highest BCUT2D eigenvalue weighted by Gasteiger charge is 2.32. The molecule has 0 amide bonds. The minimum absolute atomic E-state index is 0.0107. The molecule has 0 aliphatic heterocycles. The number of anilines is 1. The summed E-state index contributed by atoms with van der Waals surface area (Å²) in [5, 5.41) is 17.1. The smallest absolute Gasteiger partial charge is 0.158 e. The summed E-state index contributed by atoms with van der Waals surface area (Å²) in [6.07, 6.45) is 9.64. The van der Waals surface area contributed by atoms with E-state index in [-0.39, 0.29) is 12.0 Å². The first-order valence-electron chi connectivity index (χ1n) is 6.98. The molecule has 0 radical (unpaired) electrons. The number of aliphatic hydroxyl groups is 1. The zero-order valence-electron chi connectivity index (χ0n) is 11.4. The first-order chi connectivity index (χ1) is 9.81. The van der Waals surface area contributed by atoms with Crippen molar-refractivity contribution >= 4 is 5.82 Å². The van der Waals surface area contributed by atoms with E-state index in [1.807, 2.05) is 18.3 Å². The van der Waals surface area contributed by atoms with Crippen molar-refractivity contribution in [2.45, 2.75) is 25.7 Å². The Labute approximate surface area is 117 Å². The minimum atomic E-state index is 0.0107. The molecule has 0 unspecified atom stereocenters. The SMILES string of the molecule is OCC1(CNc2cc(-n3cccn3)ncn2)CCCC1. The minimum Gasteiger partial charge on any atom is -0.396 e. The molecule has 106 valence electrons. The van der Waals surface area contributed by atoms with Crippen LogP contribution in [0.3, 0.4) is 0 Å². The number of nitrogens with one attached hydrogen (secondary N) is 1. The lowest BCUT2D eigenvalue weighted by Crippen LogP contribution is -2.30. The fraction of sp³-hybridized carbons (Fsp3) is 0.500.